The lowest BCUT2D eigenvalue weighted by atomic mass is 9.98. The van der Waals surface area contributed by atoms with Gasteiger partial charge < -0.3 is 4.90 Å². The molecule has 1 unspecified atom stereocenters. The molecule has 2 aromatic rings. The van der Waals surface area contributed by atoms with E-state index in [9.17, 15) is 5.26 Å². The third kappa shape index (κ3) is 3.73. The Labute approximate surface area is 159 Å². The van der Waals surface area contributed by atoms with E-state index in [0.29, 0.717) is 6.04 Å². The highest BCUT2D eigenvalue weighted by molar-refractivity contribution is 9.10. The summed E-state index contributed by atoms with van der Waals surface area (Å²) in [5.41, 5.74) is 5.86. The average molecular weight is 398 g/mol. The van der Waals surface area contributed by atoms with Gasteiger partial charge in [-0.2, -0.15) is 5.26 Å². The van der Waals surface area contributed by atoms with Gasteiger partial charge in [0.15, 0.2) is 0 Å². The zero-order chi connectivity index (χ0) is 18.0. The smallest absolute Gasteiger partial charge is 0.101 e. The van der Waals surface area contributed by atoms with Crippen LogP contribution in [0.2, 0.25) is 0 Å². The van der Waals surface area contributed by atoms with Crippen LogP contribution in [0.4, 0.5) is 5.69 Å². The predicted molar refractivity (Wildman–Crippen MR) is 107 cm³/mol. The molecule has 0 amide bonds. The molecular weight excluding hydrogens is 374 g/mol. The monoisotopic (exact) mass is 397 g/mol. The van der Waals surface area contributed by atoms with Gasteiger partial charge in [0.25, 0.3) is 0 Å². The number of benzene rings is 2. The number of aryl methyl sites for hydroxylation is 2. The summed E-state index contributed by atoms with van der Waals surface area (Å²) in [4.78, 5) is 4.87. The summed E-state index contributed by atoms with van der Waals surface area (Å²) in [6.45, 7) is 10.5. The van der Waals surface area contributed by atoms with Crippen molar-refractivity contribution in [3.63, 3.8) is 0 Å². The Morgan fingerprint density at radius 2 is 1.72 bits per heavy atom. The lowest BCUT2D eigenvalue weighted by Crippen LogP contribution is -2.47. The molecular formula is C21H24BrN3. The molecule has 3 nitrogen and oxygen atoms in total. The van der Waals surface area contributed by atoms with E-state index in [1.54, 1.807) is 0 Å². The molecule has 0 aromatic heterocycles. The van der Waals surface area contributed by atoms with Crippen LogP contribution in [-0.2, 0) is 0 Å². The van der Waals surface area contributed by atoms with Gasteiger partial charge in [-0.15, -0.1) is 0 Å². The molecule has 0 radical (unpaired) electrons. The quantitative estimate of drug-likeness (QED) is 0.743. The highest BCUT2D eigenvalue weighted by atomic mass is 79.9. The average Bonchev–Trinajstić information content (AvgIpc) is 2.64. The molecule has 2 aromatic carbocycles. The maximum atomic E-state index is 9.33. The summed E-state index contributed by atoms with van der Waals surface area (Å²) >= 11 is 3.67. The van der Waals surface area contributed by atoms with E-state index in [4.69, 9.17) is 0 Å². The topological polar surface area (TPSA) is 30.3 Å². The van der Waals surface area contributed by atoms with Crippen LogP contribution in [0.5, 0.6) is 0 Å². The summed E-state index contributed by atoms with van der Waals surface area (Å²) in [6, 6.07) is 15.1. The van der Waals surface area contributed by atoms with E-state index >= 15 is 0 Å². The fourth-order valence-electron chi connectivity index (χ4n) is 3.68. The van der Waals surface area contributed by atoms with Gasteiger partial charge in [0.05, 0.1) is 11.3 Å². The first-order valence-electron chi connectivity index (χ1n) is 8.76. The molecule has 130 valence electrons. The maximum Gasteiger partial charge on any atom is 0.101 e. The molecule has 1 fully saturated rings. The van der Waals surface area contributed by atoms with Crippen LogP contribution in [0.1, 0.15) is 35.2 Å². The molecule has 0 aliphatic carbocycles. The van der Waals surface area contributed by atoms with E-state index < -0.39 is 0 Å². The molecule has 3 rings (SSSR count). The summed E-state index contributed by atoms with van der Waals surface area (Å²) in [5.74, 6) is 0. The summed E-state index contributed by atoms with van der Waals surface area (Å²) in [6.07, 6.45) is 0. The lowest BCUT2D eigenvalue weighted by Gasteiger charge is -2.40. The first kappa shape index (κ1) is 18.0. The first-order chi connectivity index (χ1) is 12.0. The van der Waals surface area contributed by atoms with E-state index in [2.05, 4.69) is 70.8 Å². The number of rotatable bonds is 3. The zero-order valence-corrected chi connectivity index (χ0v) is 16.7. The first-order valence-corrected chi connectivity index (χ1v) is 9.55. The molecule has 0 saturated carbocycles. The van der Waals surface area contributed by atoms with E-state index in [1.807, 2.05) is 18.2 Å². The number of nitriles is 1. The third-order valence-corrected chi connectivity index (χ3v) is 6.08. The maximum absolute atomic E-state index is 9.33. The molecule has 0 bridgehead atoms. The van der Waals surface area contributed by atoms with Crippen LogP contribution in [0.15, 0.2) is 40.9 Å². The van der Waals surface area contributed by atoms with Crippen LogP contribution >= 0.6 is 15.9 Å². The van der Waals surface area contributed by atoms with Crippen molar-refractivity contribution in [2.45, 2.75) is 26.8 Å². The summed E-state index contributed by atoms with van der Waals surface area (Å²) in [7, 11) is 0. The van der Waals surface area contributed by atoms with Crippen LogP contribution in [0.25, 0.3) is 0 Å². The summed E-state index contributed by atoms with van der Waals surface area (Å²) in [5, 5.41) is 9.33. The number of hydrogen-bond donors (Lipinski definition) is 0. The molecule has 1 saturated heterocycles. The lowest BCUT2D eigenvalue weighted by molar-refractivity contribution is 0.198. The molecule has 1 heterocycles. The van der Waals surface area contributed by atoms with Gasteiger partial charge in [-0.05, 0) is 55.7 Å². The highest BCUT2D eigenvalue weighted by Gasteiger charge is 2.24. The molecule has 0 N–H and O–H groups in total. The number of halogens is 1. The molecule has 1 aliphatic heterocycles. The molecule has 1 aliphatic rings. The van der Waals surface area contributed by atoms with Crippen molar-refractivity contribution in [2.24, 2.45) is 0 Å². The van der Waals surface area contributed by atoms with Crippen molar-refractivity contribution in [2.75, 3.05) is 31.1 Å². The van der Waals surface area contributed by atoms with Crippen molar-refractivity contribution in [1.29, 1.82) is 5.26 Å². The number of piperazine rings is 1. The Morgan fingerprint density at radius 1 is 1.04 bits per heavy atom. The van der Waals surface area contributed by atoms with Crippen molar-refractivity contribution in [1.82, 2.24) is 4.90 Å². The van der Waals surface area contributed by atoms with Gasteiger partial charge >= 0.3 is 0 Å². The number of hydrogen-bond acceptors (Lipinski definition) is 3. The minimum absolute atomic E-state index is 0.394. The van der Waals surface area contributed by atoms with Crippen LogP contribution < -0.4 is 4.90 Å². The van der Waals surface area contributed by atoms with Crippen LogP contribution in [-0.4, -0.2) is 31.1 Å². The highest BCUT2D eigenvalue weighted by Crippen LogP contribution is 2.30. The van der Waals surface area contributed by atoms with Gasteiger partial charge in [-0.3, -0.25) is 4.90 Å². The Balaban J connectivity index is 1.72. The summed E-state index contributed by atoms with van der Waals surface area (Å²) < 4.78 is 1.18. The van der Waals surface area contributed by atoms with Gasteiger partial charge in [0.1, 0.15) is 6.07 Å². The largest absolute Gasteiger partial charge is 0.368 e. The van der Waals surface area contributed by atoms with Crippen LogP contribution in [0, 0.1) is 25.2 Å². The number of anilines is 1. The second-order valence-corrected chi connectivity index (χ2v) is 7.64. The normalized spacial score (nSPS) is 16.5. The predicted octanol–water partition coefficient (Wildman–Crippen LogP) is 4.82. The molecule has 4 heteroatoms. The molecule has 0 spiro atoms. The Kier molecular flexibility index (Phi) is 5.46. The molecule has 25 heavy (non-hydrogen) atoms. The standard InChI is InChI=1S/C21H24BrN3/c1-15-12-16(2)20(22)13-19(15)17(3)24-8-10-25(11-9-24)21-7-5-4-6-18(21)14-23/h4-7,12-13,17H,8-11H2,1-3H3. The van der Waals surface area contributed by atoms with E-state index in [-0.39, 0.29) is 0 Å². The minimum Gasteiger partial charge on any atom is -0.368 e. The minimum atomic E-state index is 0.394. The second-order valence-electron chi connectivity index (χ2n) is 6.79. The van der Waals surface area contributed by atoms with Crippen molar-refractivity contribution in [3.8, 4) is 6.07 Å². The van der Waals surface area contributed by atoms with E-state index in [0.717, 1.165) is 37.4 Å². The molecule has 1 atom stereocenters. The number of para-hydroxylation sites is 1. The van der Waals surface area contributed by atoms with Crippen LogP contribution in [0.3, 0.4) is 0 Å². The van der Waals surface area contributed by atoms with Gasteiger partial charge in [-0.25, -0.2) is 0 Å². The Hall–Kier alpha value is -1.83. The van der Waals surface area contributed by atoms with Crippen molar-refractivity contribution >= 4 is 21.6 Å². The Morgan fingerprint density at radius 3 is 2.40 bits per heavy atom. The Bertz CT molecular complexity index is 801. The SMILES string of the molecule is Cc1cc(C)c(C(C)N2CCN(c3ccccc3C#N)CC2)cc1Br. The van der Waals surface area contributed by atoms with Crippen molar-refractivity contribution < 1.29 is 0 Å². The zero-order valence-electron chi connectivity index (χ0n) is 15.1. The van der Waals surface area contributed by atoms with Crippen molar-refractivity contribution in [3.05, 3.63) is 63.1 Å². The number of nitrogens with zero attached hydrogens (tertiary/aromatic N) is 3. The van der Waals surface area contributed by atoms with Gasteiger partial charge in [0, 0.05) is 36.7 Å². The fourth-order valence-corrected chi connectivity index (χ4v) is 4.04. The fraction of sp³-hybridized carbons (Fsp3) is 0.381. The second kappa shape index (κ2) is 7.59. The third-order valence-electron chi connectivity index (χ3n) is 5.22. The van der Waals surface area contributed by atoms with Gasteiger partial charge in [0.2, 0.25) is 0 Å². The van der Waals surface area contributed by atoms with E-state index in [1.165, 1.54) is 21.2 Å². The van der Waals surface area contributed by atoms with Gasteiger partial charge in [-0.1, -0.05) is 34.1 Å².